The summed E-state index contributed by atoms with van der Waals surface area (Å²) in [6.45, 7) is 0.615. The summed E-state index contributed by atoms with van der Waals surface area (Å²) < 4.78 is 47.6. The first-order chi connectivity index (χ1) is 7.35. The highest BCUT2D eigenvalue weighted by atomic mass is 32.2. The van der Waals surface area contributed by atoms with E-state index in [4.69, 9.17) is 0 Å². The van der Waals surface area contributed by atoms with Gasteiger partial charge in [0.25, 0.3) is 0 Å². The van der Waals surface area contributed by atoms with E-state index in [1.807, 2.05) is 0 Å². The predicted molar refractivity (Wildman–Crippen MR) is 62.5 cm³/mol. The largest absolute Gasteiger partial charge is 0.319 e. The minimum absolute atomic E-state index is 0.0168. The summed E-state index contributed by atoms with van der Waals surface area (Å²) in [5, 5.41) is 2.75. The van der Waals surface area contributed by atoms with Crippen molar-refractivity contribution in [2.75, 3.05) is 37.4 Å². The average Bonchev–Trinajstić information content (AvgIpc) is 2.53. The van der Waals surface area contributed by atoms with Gasteiger partial charge in [0.2, 0.25) is 10.0 Å². The van der Waals surface area contributed by atoms with Crippen molar-refractivity contribution in [1.29, 1.82) is 0 Å². The normalized spacial score (nSPS) is 24.7. The van der Waals surface area contributed by atoms with Crippen LogP contribution in [0.4, 0.5) is 0 Å². The smallest absolute Gasteiger partial charge is 0.212 e. The Labute approximate surface area is 96.8 Å². The molecule has 1 aliphatic rings. The molecule has 0 amide bonds. The predicted octanol–water partition coefficient (Wildman–Crippen LogP) is -1.44. The fourth-order valence-corrected chi connectivity index (χ4v) is 4.56. The zero-order valence-electron chi connectivity index (χ0n) is 9.27. The molecule has 2 N–H and O–H groups in total. The number of sulfone groups is 1. The maximum absolute atomic E-state index is 11.4. The number of hydrogen-bond donors (Lipinski definition) is 2. The van der Waals surface area contributed by atoms with Crippen molar-refractivity contribution in [2.24, 2.45) is 5.92 Å². The van der Waals surface area contributed by atoms with Gasteiger partial charge < -0.3 is 5.32 Å². The van der Waals surface area contributed by atoms with E-state index in [0.717, 1.165) is 0 Å². The van der Waals surface area contributed by atoms with E-state index < -0.39 is 19.9 Å². The quantitative estimate of drug-likeness (QED) is 0.617. The van der Waals surface area contributed by atoms with Gasteiger partial charge in [0, 0.05) is 13.1 Å². The van der Waals surface area contributed by atoms with E-state index in [1.165, 1.54) is 0 Å². The Balaban J connectivity index is 2.35. The molecule has 8 heteroatoms. The van der Waals surface area contributed by atoms with E-state index >= 15 is 0 Å². The molecule has 1 rings (SSSR count). The summed E-state index contributed by atoms with van der Waals surface area (Å²) in [7, 11) is -4.52. The maximum atomic E-state index is 11.4. The van der Waals surface area contributed by atoms with Crippen molar-refractivity contribution in [1.82, 2.24) is 10.0 Å². The third-order valence-electron chi connectivity index (χ3n) is 2.54. The van der Waals surface area contributed by atoms with Crippen molar-refractivity contribution in [3.05, 3.63) is 0 Å². The molecule has 0 bridgehead atoms. The van der Waals surface area contributed by atoms with Gasteiger partial charge in [0.05, 0.1) is 17.3 Å². The van der Waals surface area contributed by atoms with Gasteiger partial charge in [-0.25, -0.2) is 21.6 Å². The molecule has 0 saturated carbocycles. The van der Waals surface area contributed by atoms with Crippen molar-refractivity contribution < 1.29 is 16.8 Å². The molecule has 96 valence electrons. The van der Waals surface area contributed by atoms with Gasteiger partial charge in [-0.15, -0.1) is 0 Å². The summed E-state index contributed by atoms with van der Waals surface area (Å²) in [6, 6.07) is 0. The number of nitrogens with one attached hydrogen (secondary N) is 2. The minimum atomic E-state index is -3.28. The molecule has 1 atom stereocenters. The Kier molecular flexibility index (Phi) is 4.72. The third kappa shape index (κ3) is 4.77. The molecule has 0 aromatic heterocycles. The molecule has 0 aliphatic carbocycles. The number of rotatable bonds is 6. The molecule has 1 saturated heterocycles. The Morgan fingerprint density at radius 2 is 2.06 bits per heavy atom. The average molecular weight is 270 g/mol. The molecule has 0 spiro atoms. The summed E-state index contributed by atoms with van der Waals surface area (Å²) in [5.41, 5.74) is 0. The molecule has 6 nitrogen and oxygen atoms in total. The Morgan fingerprint density at radius 3 is 2.56 bits per heavy atom. The van der Waals surface area contributed by atoms with Gasteiger partial charge in [0.1, 0.15) is 0 Å². The highest BCUT2D eigenvalue weighted by Crippen LogP contribution is 2.17. The lowest BCUT2D eigenvalue weighted by Gasteiger charge is -2.09. The SMILES string of the molecule is CNCCS(=O)(=O)NCC1CCS(=O)(=O)C1. The van der Waals surface area contributed by atoms with Crippen LogP contribution in [0.3, 0.4) is 0 Å². The standard InChI is InChI=1S/C8H18N2O4S2/c1-9-3-5-16(13,14)10-6-8-2-4-15(11,12)7-8/h8-10H,2-7H2,1H3. The summed E-state index contributed by atoms with van der Waals surface area (Å²) in [5.74, 6) is 0.217. The Morgan fingerprint density at radius 1 is 1.38 bits per heavy atom. The van der Waals surface area contributed by atoms with Crippen molar-refractivity contribution in [2.45, 2.75) is 6.42 Å². The van der Waals surface area contributed by atoms with E-state index in [9.17, 15) is 16.8 Å². The second-order valence-corrected chi connectivity index (χ2v) is 8.20. The number of sulfonamides is 1. The van der Waals surface area contributed by atoms with Crippen LogP contribution in [0.1, 0.15) is 6.42 Å². The van der Waals surface area contributed by atoms with Crippen LogP contribution in [0.2, 0.25) is 0 Å². The van der Waals surface area contributed by atoms with Crippen LogP contribution >= 0.6 is 0 Å². The van der Waals surface area contributed by atoms with Gasteiger partial charge in [-0.05, 0) is 19.4 Å². The molecular weight excluding hydrogens is 252 g/mol. The first-order valence-electron chi connectivity index (χ1n) is 5.17. The van der Waals surface area contributed by atoms with Crippen LogP contribution in [0.5, 0.6) is 0 Å². The van der Waals surface area contributed by atoms with Gasteiger partial charge in [-0.3, -0.25) is 0 Å². The van der Waals surface area contributed by atoms with E-state index in [1.54, 1.807) is 7.05 Å². The molecule has 0 radical (unpaired) electrons. The van der Waals surface area contributed by atoms with E-state index in [2.05, 4.69) is 10.0 Å². The monoisotopic (exact) mass is 270 g/mol. The first-order valence-corrected chi connectivity index (χ1v) is 8.64. The number of hydrogen-bond acceptors (Lipinski definition) is 5. The van der Waals surface area contributed by atoms with Gasteiger partial charge in [0.15, 0.2) is 9.84 Å². The molecule has 1 aliphatic heterocycles. The summed E-state index contributed by atoms with van der Waals surface area (Å²) in [6.07, 6.45) is 0.552. The molecule has 0 aromatic carbocycles. The van der Waals surface area contributed by atoms with Crippen LogP contribution in [0.25, 0.3) is 0 Å². The van der Waals surface area contributed by atoms with Crippen LogP contribution in [0.15, 0.2) is 0 Å². The molecule has 1 unspecified atom stereocenters. The maximum Gasteiger partial charge on any atom is 0.212 e. The topological polar surface area (TPSA) is 92.3 Å². The van der Waals surface area contributed by atoms with Crippen LogP contribution in [-0.4, -0.2) is 54.2 Å². The van der Waals surface area contributed by atoms with Crippen LogP contribution < -0.4 is 10.0 Å². The van der Waals surface area contributed by atoms with Gasteiger partial charge in [-0.2, -0.15) is 0 Å². The van der Waals surface area contributed by atoms with Gasteiger partial charge >= 0.3 is 0 Å². The third-order valence-corrected chi connectivity index (χ3v) is 5.72. The molecular formula is C8H18N2O4S2. The van der Waals surface area contributed by atoms with Crippen molar-refractivity contribution >= 4 is 19.9 Å². The second kappa shape index (κ2) is 5.44. The van der Waals surface area contributed by atoms with Crippen molar-refractivity contribution in [3.63, 3.8) is 0 Å². The molecule has 1 heterocycles. The Hall–Kier alpha value is -0.180. The lowest BCUT2D eigenvalue weighted by molar-refractivity contribution is 0.542. The second-order valence-electron chi connectivity index (χ2n) is 4.04. The molecule has 1 fully saturated rings. The summed E-state index contributed by atoms with van der Waals surface area (Å²) in [4.78, 5) is 0. The lowest BCUT2D eigenvalue weighted by atomic mass is 10.1. The fourth-order valence-electron chi connectivity index (χ4n) is 1.59. The first kappa shape index (κ1) is 13.9. The highest BCUT2D eigenvalue weighted by Gasteiger charge is 2.28. The van der Waals surface area contributed by atoms with Crippen LogP contribution in [0, 0.1) is 5.92 Å². The van der Waals surface area contributed by atoms with Crippen LogP contribution in [-0.2, 0) is 19.9 Å². The zero-order chi connectivity index (χ0) is 12.2. The minimum Gasteiger partial charge on any atom is -0.319 e. The van der Waals surface area contributed by atoms with Crippen molar-refractivity contribution in [3.8, 4) is 0 Å². The highest BCUT2D eigenvalue weighted by molar-refractivity contribution is 7.91. The fraction of sp³-hybridized carbons (Fsp3) is 1.00. The molecule has 0 aromatic rings. The lowest BCUT2D eigenvalue weighted by Crippen LogP contribution is -2.34. The summed E-state index contributed by atoms with van der Waals surface area (Å²) >= 11 is 0. The van der Waals surface area contributed by atoms with E-state index in [0.29, 0.717) is 13.0 Å². The molecule has 16 heavy (non-hydrogen) atoms. The van der Waals surface area contributed by atoms with E-state index in [-0.39, 0.29) is 29.7 Å². The zero-order valence-corrected chi connectivity index (χ0v) is 10.9. The van der Waals surface area contributed by atoms with Gasteiger partial charge in [-0.1, -0.05) is 0 Å². The Bertz CT molecular complexity index is 415.